The lowest BCUT2D eigenvalue weighted by Gasteiger charge is -2.12. The average molecular weight is 272 g/mol. The van der Waals surface area contributed by atoms with E-state index in [0.29, 0.717) is 0 Å². The van der Waals surface area contributed by atoms with Crippen LogP contribution in [0.5, 0.6) is 0 Å². The first-order valence-electron chi connectivity index (χ1n) is 7.18. The van der Waals surface area contributed by atoms with E-state index < -0.39 is 0 Å². The summed E-state index contributed by atoms with van der Waals surface area (Å²) in [6.45, 7) is 11.9. The van der Waals surface area contributed by atoms with Crippen molar-refractivity contribution in [1.82, 2.24) is 0 Å². The molecule has 0 atom stereocenters. The fraction of sp³-hybridized carbons (Fsp3) is 0.143. The zero-order valence-corrected chi connectivity index (χ0v) is 12.7. The number of hydrogen-bond acceptors (Lipinski definition) is 0. The molecule has 2 rings (SSSR count). The Labute approximate surface area is 127 Å². The Balaban J connectivity index is 2.62. The first-order chi connectivity index (χ1) is 10.2. The number of rotatable bonds is 4. The summed E-state index contributed by atoms with van der Waals surface area (Å²) in [6.07, 6.45) is 4.83. The standard InChI is InChI=1S/C21H20/c1-5-9-17-11-13-21(19(8-4)15-17)20-12-10-16(6-2)14-18(20)7-3/h7-8,10-15H,3-4,6H2,1-2H3. The smallest absolute Gasteiger partial charge is 0.0251 e. The Morgan fingerprint density at radius 2 is 1.57 bits per heavy atom. The van der Waals surface area contributed by atoms with Gasteiger partial charge in [-0.2, -0.15) is 0 Å². The van der Waals surface area contributed by atoms with Crippen molar-refractivity contribution >= 4 is 12.2 Å². The van der Waals surface area contributed by atoms with Crippen LogP contribution in [0.2, 0.25) is 0 Å². The van der Waals surface area contributed by atoms with Crippen LogP contribution in [0.4, 0.5) is 0 Å². The van der Waals surface area contributed by atoms with Crippen molar-refractivity contribution in [3.8, 4) is 23.0 Å². The van der Waals surface area contributed by atoms with Crippen LogP contribution in [0.25, 0.3) is 23.3 Å². The minimum Gasteiger partial charge on any atom is -0.101 e. The second-order valence-corrected chi connectivity index (χ2v) is 4.86. The molecule has 0 N–H and O–H groups in total. The van der Waals surface area contributed by atoms with Crippen molar-refractivity contribution in [2.75, 3.05) is 0 Å². The molecule has 0 saturated carbocycles. The van der Waals surface area contributed by atoms with E-state index in [-0.39, 0.29) is 0 Å². The molecule has 2 aromatic rings. The van der Waals surface area contributed by atoms with E-state index in [1.807, 2.05) is 19.1 Å². The zero-order valence-electron chi connectivity index (χ0n) is 12.7. The lowest BCUT2D eigenvalue weighted by Crippen LogP contribution is -1.90. The van der Waals surface area contributed by atoms with E-state index in [1.165, 1.54) is 16.7 Å². The molecule has 0 unspecified atom stereocenters. The van der Waals surface area contributed by atoms with Crippen LogP contribution < -0.4 is 0 Å². The Morgan fingerprint density at radius 1 is 0.952 bits per heavy atom. The minimum absolute atomic E-state index is 1.02. The third kappa shape index (κ3) is 3.15. The predicted octanol–water partition coefficient (Wildman–Crippen LogP) is 5.57. The number of hydrogen-bond donors (Lipinski definition) is 0. The summed E-state index contributed by atoms with van der Waals surface area (Å²) >= 11 is 0. The van der Waals surface area contributed by atoms with Gasteiger partial charge in [0, 0.05) is 5.56 Å². The average Bonchev–Trinajstić information content (AvgIpc) is 2.54. The van der Waals surface area contributed by atoms with Gasteiger partial charge >= 0.3 is 0 Å². The molecule has 0 fully saturated rings. The highest BCUT2D eigenvalue weighted by molar-refractivity contribution is 5.82. The molecule has 0 aliphatic rings. The van der Waals surface area contributed by atoms with Crippen LogP contribution >= 0.6 is 0 Å². The SMILES string of the molecule is C=Cc1cc(C#CC)ccc1-c1ccc(CC)cc1C=C. The molecule has 2 aromatic carbocycles. The van der Waals surface area contributed by atoms with Crippen LogP contribution in [0, 0.1) is 11.8 Å². The molecule has 21 heavy (non-hydrogen) atoms. The van der Waals surface area contributed by atoms with Crippen molar-refractivity contribution in [3.63, 3.8) is 0 Å². The van der Waals surface area contributed by atoms with Gasteiger partial charge in [-0.05, 0) is 53.3 Å². The molecule has 0 bridgehead atoms. The summed E-state index contributed by atoms with van der Waals surface area (Å²) in [7, 11) is 0. The quantitative estimate of drug-likeness (QED) is 0.638. The maximum Gasteiger partial charge on any atom is 0.0251 e. The lowest BCUT2D eigenvalue weighted by molar-refractivity contribution is 1.14. The van der Waals surface area contributed by atoms with Gasteiger partial charge in [-0.15, -0.1) is 5.92 Å². The summed E-state index contributed by atoms with van der Waals surface area (Å²) < 4.78 is 0. The van der Waals surface area contributed by atoms with E-state index in [4.69, 9.17) is 0 Å². The molecule has 0 radical (unpaired) electrons. The monoisotopic (exact) mass is 272 g/mol. The minimum atomic E-state index is 1.02. The van der Waals surface area contributed by atoms with Crippen LogP contribution in [-0.4, -0.2) is 0 Å². The zero-order chi connectivity index (χ0) is 15.2. The largest absolute Gasteiger partial charge is 0.101 e. The van der Waals surface area contributed by atoms with Crippen LogP contribution in [0.1, 0.15) is 36.1 Å². The molecule has 0 aliphatic heterocycles. The van der Waals surface area contributed by atoms with Crippen LogP contribution in [0.3, 0.4) is 0 Å². The van der Waals surface area contributed by atoms with E-state index in [1.54, 1.807) is 0 Å². The first-order valence-corrected chi connectivity index (χ1v) is 7.18. The fourth-order valence-electron chi connectivity index (χ4n) is 2.45. The number of aryl methyl sites for hydroxylation is 1. The Morgan fingerprint density at radius 3 is 2.14 bits per heavy atom. The summed E-state index contributed by atoms with van der Waals surface area (Å²) in [5, 5.41) is 0. The normalized spacial score (nSPS) is 9.62. The van der Waals surface area contributed by atoms with E-state index in [0.717, 1.165) is 23.1 Å². The molecule has 0 heterocycles. The molecule has 0 spiro atoms. The summed E-state index contributed by atoms with van der Waals surface area (Å²) in [6, 6.07) is 12.8. The highest BCUT2D eigenvalue weighted by Gasteiger charge is 2.08. The lowest BCUT2D eigenvalue weighted by atomic mass is 9.92. The maximum atomic E-state index is 3.95. The van der Waals surface area contributed by atoms with Crippen molar-refractivity contribution in [2.24, 2.45) is 0 Å². The number of benzene rings is 2. The van der Waals surface area contributed by atoms with Crippen LogP contribution in [-0.2, 0) is 6.42 Å². The van der Waals surface area contributed by atoms with Gasteiger partial charge in [0.2, 0.25) is 0 Å². The maximum absolute atomic E-state index is 3.95. The van der Waals surface area contributed by atoms with Crippen LogP contribution in [0.15, 0.2) is 49.6 Å². The van der Waals surface area contributed by atoms with Crippen molar-refractivity contribution in [3.05, 3.63) is 71.8 Å². The predicted molar refractivity (Wildman–Crippen MR) is 94.0 cm³/mol. The van der Waals surface area contributed by atoms with Gasteiger partial charge in [-0.1, -0.05) is 62.4 Å². The molecule has 0 heteroatoms. The van der Waals surface area contributed by atoms with Crippen molar-refractivity contribution in [1.29, 1.82) is 0 Å². The van der Waals surface area contributed by atoms with E-state index in [2.05, 4.69) is 68.3 Å². The second-order valence-electron chi connectivity index (χ2n) is 4.86. The van der Waals surface area contributed by atoms with Crippen molar-refractivity contribution in [2.45, 2.75) is 20.3 Å². The molecule has 0 saturated heterocycles. The third-order valence-corrected chi connectivity index (χ3v) is 3.58. The molecular formula is C21H20. The molecule has 0 amide bonds. The fourth-order valence-corrected chi connectivity index (χ4v) is 2.45. The molecule has 0 nitrogen and oxygen atoms in total. The van der Waals surface area contributed by atoms with Gasteiger partial charge in [0.15, 0.2) is 0 Å². The Kier molecular flexibility index (Phi) is 4.80. The summed E-state index contributed by atoms with van der Waals surface area (Å²) in [4.78, 5) is 0. The third-order valence-electron chi connectivity index (χ3n) is 3.58. The molecule has 104 valence electrons. The Bertz CT molecular complexity index is 736. The van der Waals surface area contributed by atoms with Crippen molar-refractivity contribution < 1.29 is 0 Å². The van der Waals surface area contributed by atoms with Gasteiger partial charge < -0.3 is 0 Å². The Hall–Kier alpha value is -2.52. The van der Waals surface area contributed by atoms with Gasteiger partial charge in [0.1, 0.15) is 0 Å². The first kappa shape index (κ1) is 14.9. The van der Waals surface area contributed by atoms with Gasteiger partial charge in [0.05, 0.1) is 0 Å². The molecule has 0 aliphatic carbocycles. The van der Waals surface area contributed by atoms with Gasteiger partial charge in [-0.25, -0.2) is 0 Å². The molecule has 0 aromatic heterocycles. The van der Waals surface area contributed by atoms with Gasteiger partial charge in [0.25, 0.3) is 0 Å². The topological polar surface area (TPSA) is 0 Å². The van der Waals surface area contributed by atoms with E-state index in [9.17, 15) is 0 Å². The second kappa shape index (κ2) is 6.77. The van der Waals surface area contributed by atoms with Gasteiger partial charge in [-0.3, -0.25) is 0 Å². The summed E-state index contributed by atoms with van der Waals surface area (Å²) in [5.74, 6) is 6.02. The highest BCUT2D eigenvalue weighted by Crippen LogP contribution is 2.30. The summed E-state index contributed by atoms with van der Waals surface area (Å²) in [5.41, 5.74) is 6.95. The molecular weight excluding hydrogens is 252 g/mol. The van der Waals surface area contributed by atoms with E-state index >= 15 is 0 Å². The highest BCUT2D eigenvalue weighted by atomic mass is 14.1.